The second kappa shape index (κ2) is 11.2. The molecule has 1 aliphatic carbocycles. The minimum Gasteiger partial charge on any atom is -0.494 e. The summed E-state index contributed by atoms with van der Waals surface area (Å²) in [7, 11) is 1.75. The highest BCUT2D eigenvalue weighted by atomic mass is 16.5. The van der Waals surface area contributed by atoms with Gasteiger partial charge in [-0.1, -0.05) is 43.2 Å². The smallest absolute Gasteiger partial charge is 0.227 e. The van der Waals surface area contributed by atoms with Gasteiger partial charge in [0.2, 0.25) is 5.91 Å². The average molecular weight is 409 g/mol. The SMILES string of the molecule is CCOc1ccccc1CNC(=NC)NCc1cccc(NC(=O)C2CCCC2)c1. The van der Waals surface area contributed by atoms with E-state index in [9.17, 15) is 4.79 Å². The molecule has 1 saturated carbocycles. The molecule has 0 radical (unpaired) electrons. The number of para-hydroxylation sites is 1. The Bertz CT molecular complexity index is 860. The molecule has 6 heteroatoms. The van der Waals surface area contributed by atoms with E-state index in [1.165, 1.54) is 0 Å². The minimum absolute atomic E-state index is 0.142. The van der Waals surface area contributed by atoms with Gasteiger partial charge in [-0.15, -0.1) is 0 Å². The molecular weight excluding hydrogens is 376 g/mol. The van der Waals surface area contributed by atoms with Gasteiger partial charge < -0.3 is 20.7 Å². The minimum atomic E-state index is 0.142. The average Bonchev–Trinajstić information content (AvgIpc) is 3.30. The number of ether oxygens (including phenoxy) is 1. The number of hydrogen-bond acceptors (Lipinski definition) is 3. The third kappa shape index (κ3) is 6.24. The van der Waals surface area contributed by atoms with Gasteiger partial charge in [0.05, 0.1) is 6.61 Å². The van der Waals surface area contributed by atoms with E-state index in [0.29, 0.717) is 25.7 Å². The van der Waals surface area contributed by atoms with E-state index in [-0.39, 0.29) is 11.8 Å². The van der Waals surface area contributed by atoms with Gasteiger partial charge in [-0.25, -0.2) is 0 Å². The summed E-state index contributed by atoms with van der Waals surface area (Å²) in [6.45, 7) is 3.85. The van der Waals surface area contributed by atoms with E-state index in [1.807, 2.05) is 55.5 Å². The van der Waals surface area contributed by atoms with Crippen molar-refractivity contribution in [2.75, 3.05) is 19.0 Å². The number of carbonyl (C=O) groups excluding carboxylic acids is 1. The molecule has 160 valence electrons. The number of nitrogens with one attached hydrogen (secondary N) is 3. The van der Waals surface area contributed by atoms with Crippen molar-refractivity contribution < 1.29 is 9.53 Å². The Morgan fingerprint density at radius 3 is 2.60 bits per heavy atom. The number of rotatable bonds is 8. The van der Waals surface area contributed by atoms with Gasteiger partial charge in [0.1, 0.15) is 5.75 Å². The van der Waals surface area contributed by atoms with Crippen molar-refractivity contribution in [3.63, 3.8) is 0 Å². The normalized spacial score (nSPS) is 14.4. The van der Waals surface area contributed by atoms with Crippen molar-refractivity contribution in [2.24, 2.45) is 10.9 Å². The maximum absolute atomic E-state index is 12.4. The van der Waals surface area contributed by atoms with E-state index in [4.69, 9.17) is 4.74 Å². The largest absolute Gasteiger partial charge is 0.494 e. The fourth-order valence-electron chi connectivity index (χ4n) is 3.72. The van der Waals surface area contributed by atoms with E-state index < -0.39 is 0 Å². The second-order valence-corrected chi connectivity index (χ2v) is 7.49. The highest BCUT2D eigenvalue weighted by Crippen LogP contribution is 2.26. The first kappa shape index (κ1) is 21.7. The number of benzene rings is 2. The molecular formula is C24H32N4O2. The molecule has 3 rings (SSSR count). The summed E-state index contributed by atoms with van der Waals surface area (Å²) in [5.41, 5.74) is 3.01. The van der Waals surface area contributed by atoms with Gasteiger partial charge in [-0.3, -0.25) is 9.79 Å². The number of hydrogen-bond donors (Lipinski definition) is 3. The van der Waals surface area contributed by atoms with Crippen LogP contribution >= 0.6 is 0 Å². The predicted octanol–water partition coefficient (Wildman–Crippen LogP) is 4.08. The number of anilines is 1. The van der Waals surface area contributed by atoms with Crippen LogP contribution in [0, 0.1) is 5.92 Å². The summed E-state index contributed by atoms with van der Waals surface area (Å²) in [6.07, 6.45) is 4.31. The molecule has 0 saturated heterocycles. The van der Waals surface area contributed by atoms with Gasteiger partial charge in [0, 0.05) is 37.3 Å². The second-order valence-electron chi connectivity index (χ2n) is 7.49. The Kier molecular flexibility index (Phi) is 8.12. The van der Waals surface area contributed by atoms with Crippen LogP contribution in [0.15, 0.2) is 53.5 Å². The Hall–Kier alpha value is -3.02. The Morgan fingerprint density at radius 1 is 1.07 bits per heavy atom. The molecule has 0 aromatic heterocycles. The number of amides is 1. The van der Waals surface area contributed by atoms with Crippen LogP contribution in [-0.4, -0.2) is 25.5 Å². The zero-order valence-electron chi connectivity index (χ0n) is 17.9. The van der Waals surface area contributed by atoms with Gasteiger partial charge in [-0.05, 0) is 43.5 Å². The van der Waals surface area contributed by atoms with E-state index in [1.54, 1.807) is 7.05 Å². The lowest BCUT2D eigenvalue weighted by molar-refractivity contribution is -0.119. The fraction of sp³-hybridized carbons (Fsp3) is 0.417. The first-order valence-electron chi connectivity index (χ1n) is 10.7. The van der Waals surface area contributed by atoms with Crippen LogP contribution in [0.25, 0.3) is 0 Å². The number of guanidine groups is 1. The molecule has 6 nitrogen and oxygen atoms in total. The quantitative estimate of drug-likeness (QED) is 0.454. The lowest BCUT2D eigenvalue weighted by Crippen LogP contribution is -2.36. The van der Waals surface area contributed by atoms with Gasteiger partial charge in [-0.2, -0.15) is 0 Å². The monoisotopic (exact) mass is 408 g/mol. The third-order valence-electron chi connectivity index (χ3n) is 5.32. The molecule has 0 bridgehead atoms. The standard InChI is InChI=1S/C24H32N4O2/c1-3-30-22-14-7-6-12-20(22)17-27-24(25-2)26-16-18-9-8-13-21(15-18)28-23(29)19-10-4-5-11-19/h6-9,12-15,19H,3-5,10-11,16-17H2,1-2H3,(H,28,29)(H2,25,26,27). The van der Waals surface area contributed by atoms with Crippen molar-refractivity contribution >= 4 is 17.6 Å². The predicted molar refractivity (Wildman–Crippen MR) is 122 cm³/mol. The van der Waals surface area contributed by atoms with Gasteiger partial charge in [0.15, 0.2) is 5.96 Å². The molecule has 0 heterocycles. The molecule has 2 aromatic carbocycles. The Labute approximate surface area is 179 Å². The lowest BCUT2D eigenvalue weighted by Gasteiger charge is -2.15. The first-order chi connectivity index (χ1) is 14.7. The Morgan fingerprint density at radius 2 is 1.83 bits per heavy atom. The molecule has 0 spiro atoms. The summed E-state index contributed by atoms with van der Waals surface area (Å²) in [4.78, 5) is 16.7. The van der Waals surface area contributed by atoms with Crippen LogP contribution < -0.4 is 20.7 Å². The van der Waals surface area contributed by atoms with Crippen LogP contribution in [-0.2, 0) is 17.9 Å². The van der Waals surface area contributed by atoms with Crippen molar-refractivity contribution in [1.29, 1.82) is 0 Å². The molecule has 0 aliphatic heterocycles. The molecule has 30 heavy (non-hydrogen) atoms. The van der Waals surface area contributed by atoms with Crippen LogP contribution in [0.5, 0.6) is 5.75 Å². The van der Waals surface area contributed by atoms with E-state index in [2.05, 4.69) is 20.9 Å². The zero-order chi connectivity index (χ0) is 21.2. The van der Waals surface area contributed by atoms with Crippen LogP contribution in [0.1, 0.15) is 43.7 Å². The molecule has 0 atom stereocenters. The third-order valence-corrected chi connectivity index (χ3v) is 5.32. The topological polar surface area (TPSA) is 74.8 Å². The summed E-state index contributed by atoms with van der Waals surface area (Å²) < 4.78 is 5.68. The summed E-state index contributed by atoms with van der Waals surface area (Å²) in [6, 6.07) is 15.9. The van der Waals surface area contributed by atoms with Crippen LogP contribution in [0.4, 0.5) is 5.69 Å². The molecule has 3 N–H and O–H groups in total. The molecule has 1 amide bonds. The summed E-state index contributed by atoms with van der Waals surface area (Å²) >= 11 is 0. The van der Waals surface area contributed by atoms with Gasteiger partial charge >= 0.3 is 0 Å². The maximum atomic E-state index is 12.4. The summed E-state index contributed by atoms with van der Waals surface area (Å²) in [5, 5.41) is 9.72. The van der Waals surface area contributed by atoms with Gasteiger partial charge in [0.25, 0.3) is 0 Å². The van der Waals surface area contributed by atoms with E-state index in [0.717, 1.165) is 48.2 Å². The molecule has 0 unspecified atom stereocenters. The highest BCUT2D eigenvalue weighted by molar-refractivity contribution is 5.92. The van der Waals surface area contributed by atoms with E-state index >= 15 is 0 Å². The number of carbonyl (C=O) groups is 1. The van der Waals surface area contributed by atoms with Crippen LogP contribution in [0.3, 0.4) is 0 Å². The Balaban J connectivity index is 1.52. The summed E-state index contributed by atoms with van der Waals surface area (Å²) in [5.74, 6) is 1.90. The lowest BCUT2D eigenvalue weighted by atomic mass is 10.1. The van der Waals surface area contributed by atoms with Crippen molar-refractivity contribution in [3.8, 4) is 5.75 Å². The first-order valence-corrected chi connectivity index (χ1v) is 10.7. The molecule has 1 fully saturated rings. The fourth-order valence-corrected chi connectivity index (χ4v) is 3.72. The number of nitrogens with zero attached hydrogens (tertiary/aromatic N) is 1. The maximum Gasteiger partial charge on any atom is 0.227 e. The molecule has 1 aliphatic rings. The molecule has 2 aromatic rings. The van der Waals surface area contributed by atoms with Crippen LogP contribution in [0.2, 0.25) is 0 Å². The van der Waals surface area contributed by atoms with Crippen molar-refractivity contribution in [2.45, 2.75) is 45.7 Å². The van der Waals surface area contributed by atoms with Crippen molar-refractivity contribution in [3.05, 3.63) is 59.7 Å². The van der Waals surface area contributed by atoms with Crippen molar-refractivity contribution in [1.82, 2.24) is 10.6 Å². The number of aliphatic imine (C=N–C) groups is 1. The highest BCUT2D eigenvalue weighted by Gasteiger charge is 2.22. The zero-order valence-corrected chi connectivity index (χ0v) is 17.9.